The molecule has 0 saturated heterocycles. The highest BCUT2D eigenvalue weighted by atomic mass is 16.5. The van der Waals surface area contributed by atoms with Crippen molar-refractivity contribution in [1.29, 1.82) is 0 Å². The molecule has 1 heterocycles. The fourth-order valence-electron chi connectivity index (χ4n) is 4.55. The molecular weight excluding hydrogens is 488 g/mol. The van der Waals surface area contributed by atoms with Crippen LogP contribution in [0.3, 0.4) is 0 Å². The molecule has 1 aliphatic heterocycles. The Morgan fingerprint density at radius 1 is 0.923 bits per heavy atom. The van der Waals surface area contributed by atoms with Gasteiger partial charge in [-0.3, -0.25) is 0 Å². The first-order valence-corrected chi connectivity index (χ1v) is 14.8. The van der Waals surface area contributed by atoms with Crippen molar-refractivity contribution in [1.82, 2.24) is 0 Å². The predicted molar refractivity (Wildman–Crippen MR) is 160 cm³/mol. The van der Waals surface area contributed by atoms with Crippen LogP contribution in [0.5, 0.6) is 11.5 Å². The second-order valence-corrected chi connectivity index (χ2v) is 10.5. The maximum absolute atomic E-state index is 11.7. The lowest BCUT2D eigenvalue weighted by molar-refractivity contribution is -0.132. The third-order valence-electron chi connectivity index (χ3n) is 7.24. The van der Waals surface area contributed by atoms with Gasteiger partial charge < -0.3 is 19.5 Å². The largest absolute Gasteiger partial charge is 0.494 e. The number of carboxylic acid groups (broad SMARTS) is 1. The number of aliphatic carboxylic acids is 1. The van der Waals surface area contributed by atoms with Crippen LogP contribution in [0.2, 0.25) is 0 Å². The first kappa shape index (κ1) is 30.3. The van der Waals surface area contributed by atoms with E-state index in [-0.39, 0.29) is 11.7 Å². The zero-order chi connectivity index (χ0) is 27.9. The van der Waals surface area contributed by atoms with Crippen molar-refractivity contribution in [2.45, 2.75) is 91.0 Å². The number of benzene rings is 2. The van der Waals surface area contributed by atoms with Gasteiger partial charge in [-0.15, -0.1) is 0 Å². The topological polar surface area (TPSA) is 71.4 Å². The molecule has 212 valence electrons. The molecule has 6 nitrogen and oxygen atoms in total. The summed E-state index contributed by atoms with van der Waals surface area (Å²) >= 11 is 0. The molecule has 0 amide bonds. The molecule has 1 N–H and O–H groups in total. The summed E-state index contributed by atoms with van der Waals surface area (Å²) in [7, 11) is 0. The Balaban J connectivity index is 1.61. The molecular formula is C33H46N2O4. The zero-order valence-electron chi connectivity index (χ0n) is 24.0. The van der Waals surface area contributed by atoms with Crippen LogP contribution in [0.4, 0.5) is 5.69 Å². The van der Waals surface area contributed by atoms with E-state index in [4.69, 9.17) is 9.47 Å². The quantitative estimate of drug-likeness (QED) is 0.194. The van der Waals surface area contributed by atoms with Gasteiger partial charge in [-0.25, -0.2) is 9.79 Å². The van der Waals surface area contributed by atoms with Gasteiger partial charge in [0.15, 0.2) is 5.70 Å². The van der Waals surface area contributed by atoms with Crippen molar-refractivity contribution in [3.05, 3.63) is 66.0 Å². The van der Waals surface area contributed by atoms with Crippen LogP contribution >= 0.6 is 0 Å². The zero-order valence-corrected chi connectivity index (χ0v) is 24.0. The second kappa shape index (κ2) is 16.6. The van der Waals surface area contributed by atoms with Gasteiger partial charge in [-0.2, -0.15) is 0 Å². The number of nitrogens with zero attached hydrogens (tertiary/aromatic N) is 2. The molecule has 2 atom stereocenters. The second-order valence-electron chi connectivity index (χ2n) is 10.5. The van der Waals surface area contributed by atoms with E-state index in [0.717, 1.165) is 42.2 Å². The SMILES string of the molecule is CCCCCCCCCCCOc1ccc(C2C=NC(C(=O)O)=CN2c2ccccc2OCC(C)CC)cc1. The van der Waals surface area contributed by atoms with Gasteiger partial charge in [0, 0.05) is 12.4 Å². The monoisotopic (exact) mass is 534 g/mol. The minimum atomic E-state index is -1.06. The number of aliphatic imine (C=N–C) groups is 1. The summed E-state index contributed by atoms with van der Waals surface area (Å²) in [4.78, 5) is 17.9. The number of carbonyl (C=O) groups is 1. The minimum absolute atomic E-state index is 0.0103. The van der Waals surface area contributed by atoms with Crippen LogP contribution < -0.4 is 14.4 Å². The molecule has 0 spiro atoms. The van der Waals surface area contributed by atoms with Gasteiger partial charge >= 0.3 is 5.97 Å². The average Bonchev–Trinajstić information content (AvgIpc) is 2.97. The fourth-order valence-corrected chi connectivity index (χ4v) is 4.55. The van der Waals surface area contributed by atoms with Gasteiger partial charge in [0.05, 0.1) is 24.9 Å². The van der Waals surface area contributed by atoms with Crippen molar-refractivity contribution >= 4 is 17.9 Å². The molecule has 2 unspecified atom stereocenters. The van der Waals surface area contributed by atoms with E-state index in [0.29, 0.717) is 12.5 Å². The lowest BCUT2D eigenvalue weighted by Gasteiger charge is -2.32. The van der Waals surface area contributed by atoms with Crippen molar-refractivity contribution < 1.29 is 19.4 Å². The highest BCUT2D eigenvalue weighted by Gasteiger charge is 2.26. The van der Waals surface area contributed by atoms with Gasteiger partial charge in [0.2, 0.25) is 0 Å². The summed E-state index contributed by atoms with van der Waals surface area (Å²) in [6.07, 6.45) is 15.9. The van der Waals surface area contributed by atoms with E-state index in [1.165, 1.54) is 51.4 Å². The first-order valence-electron chi connectivity index (χ1n) is 14.8. The van der Waals surface area contributed by atoms with Crippen LogP contribution in [-0.4, -0.2) is 30.5 Å². The highest BCUT2D eigenvalue weighted by molar-refractivity contribution is 5.92. The Labute approximate surface area is 234 Å². The van der Waals surface area contributed by atoms with E-state index in [2.05, 4.69) is 25.8 Å². The van der Waals surface area contributed by atoms with E-state index < -0.39 is 5.97 Å². The van der Waals surface area contributed by atoms with Gasteiger partial charge in [-0.05, 0) is 42.2 Å². The molecule has 0 radical (unpaired) electrons. The summed E-state index contributed by atoms with van der Waals surface area (Å²) in [5.74, 6) is 0.926. The van der Waals surface area contributed by atoms with E-state index >= 15 is 0 Å². The van der Waals surface area contributed by atoms with Gasteiger partial charge in [0.25, 0.3) is 0 Å². The summed E-state index contributed by atoms with van der Waals surface area (Å²) < 4.78 is 12.2. The minimum Gasteiger partial charge on any atom is -0.494 e. The Morgan fingerprint density at radius 2 is 1.59 bits per heavy atom. The summed E-state index contributed by atoms with van der Waals surface area (Å²) in [5.41, 5.74) is 1.79. The van der Waals surface area contributed by atoms with E-state index in [1.54, 1.807) is 12.4 Å². The Bertz CT molecular complexity index is 1060. The van der Waals surface area contributed by atoms with Crippen molar-refractivity contribution in [3.63, 3.8) is 0 Å². The standard InChI is InChI=1S/C33H46N2O4/c1-4-6-7-8-9-10-11-12-15-22-38-28-20-18-27(19-21-28)31-23-34-29(33(36)37)24-35(31)30-16-13-14-17-32(30)39-25-26(3)5-2/h13-14,16-21,23-24,26,31H,4-12,15,22,25H2,1-3H3,(H,36,37). The number of carboxylic acids is 1. The Kier molecular flexibility index (Phi) is 12.9. The molecule has 2 aromatic rings. The van der Waals surface area contributed by atoms with Crippen molar-refractivity contribution in [2.24, 2.45) is 10.9 Å². The smallest absolute Gasteiger partial charge is 0.356 e. The number of hydrogen-bond acceptors (Lipinski definition) is 5. The predicted octanol–water partition coefficient (Wildman–Crippen LogP) is 8.58. The number of unbranched alkanes of at least 4 members (excludes halogenated alkanes) is 8. The first-order chi connectivity index (χ1) is 19.0. The fraction of sp³-hybridized carbons (Fsp3) is 0.515. The lowest BCUT2D eigenvalue weighted by atomic mass is 10.0. The normalized spacial score (nSPS) is 15.6. The Morgan fingerprint density at radius 3 is 2.26 bits per heavy atom. The van der Waals surface area contributed by atoms with Gasteiger partial charge in [-0.1, -0.05) is 103 Å². The molecule has 0 aliphatic carbocycles. The molecule has 0 fully saturated rings. The summed E-state index contributed by atoms with van der Waals surface area (Å²) in [6.45, 7) is 7.87. The average molecular weight is 535 g/mol. The third-order valence-corrected chi connectivity index (χ3v) is 7.24. The van der Waals surface area contributed by atoms with Crippen LogP contribution in [0.25, 0.3) is 0 Å². The number of rotatable bonds is 18. The molecule has 0 aromatic heterocycles. The molecule has 3 rings (SSSR count). The highest BCUT2D eigenvalue weighted by Crippen LogP contribution is 2.37. The van der Waals surface area contributed by atoms with Crippen LogP contribution in [-0.2, 0) is 4.79 Å². The van der Waals surface area contributed by atoms with Crippen LogP contribution in [0.15, 0.2) is 65.4 Å². The molecule has 0 bridgehead atoms. The number of ether oxygens (including phenoxy) is 2. The van der Waals surface area contributed by atoms with Crippen molar-refractivity contribution in [3.8, 4) is 11.5 Å². The van der Waals surface area contributed by atoms with Crippen molar-refractivity contribution in [2.75, 3.05) is 18.1 Å². The van der Waals surface area contributed by atoms with Crippen LogP contribution in [0.1, 0.15) is 96.6 Å². The Hall–Kier alpha value is -3.28. The van der Waals surface area contributed by atoms with Gasteiger partial charge in [0.1, 0.15) is 11.5 Å². The molecule has 6 heteroatoms. The van der Waals surface area contributed by atoms with Crippen LogP contribution in [0, 0.1) is 5.92 Å². The molecule has 2 aromatic carbocycles. The number of para-hydroxylation sites is 2. The number of anilines is 1. The molecule has 1 aliphatic rings. The molecule has 0 saturated carbocycles. The molecule has 39 heavy (non-hydrogen) atoms. The summed E-state index contributed by atoms with van der Waals surface area (Å²) in [5, 5.41) is 9.61. The maximum atomic E-state index is 11.7. The summed E-state index contributed by atoms with van der Waals surface area (Å²) in [6, 6.07) is 15.5. The lowest BCUT2D eigenvalue weighted by Crippen LogP contribution is -2.29. The maximum Gasteiger partial charge on any atom is 0.356 e. The van der Waals surface area contributed by atoms with E-state index in [9.17, 15) is 9.90 Å². The third kappa shape index (κ3) is 9.76. The van der Waals surface area contributed by atoms with E-state index in [1.807, 2.05) is 53.4 Å². The number of hydrogen-bond donors (Lipinski definition) is 1.